The van der Waals surface area contributed by atoms with Crippen LogP contribution in [0.4, 0.5) is 5.69 Å². The fraction of sp³-hybridized carbons (Fsp3) is 0.385. The number of nitrogens with zero attached hydrogens (tertiary/aromatic N) is 2. The molecule has 8 heteroatoms. The van der Waals surface area contributed by atoms with Gasteiger partial charge in [0, 0.05) is 12.6 Å². The van der Waals surface area contributed by atoms with Crippen LogP contribution in [-0.4, -0.2) is 40.5 Å². The minimum absolute atomic E-state index is 0.103. The number of non-ortho nitro benzene ring substituents is 1. The Morgan fingerprint density at radius 2 is 2.29 bits per heavy atom. The molecule has 1 aliphatic heterocycles. The van der Waals surface area contributed by atoms with Crippen molar-refractivity contribution in [3.05, 3.63) is 33.9 Å². The van der Waals surface area contributed by atoms with Gasteiger partial charge in [-0.3, -0.25) is 14.9 Å². The third kappa shape index (κ3) is 2.93. The number of nitrogens with one attached hydrogen (secondary N) is 1. The largest absolute Gasteiger partial charge is 0.507 e. The van der Waals surface area contributed by atoms with Crippen molar-refractivity contribution in [1.29, 1.82) is 0 Å². The van der Waals surface area contributed by atoms with Crippen molar-refractivity contribution < 1.29 is 19.6 Å². The molecule has 21 heavy (non-hydrogen) atoms. The van der Waals surface area contributed by atoms with Crippen molar-refractivity contribution in [2.24, 2.45) is 4.99 Å². The van der Waals surface area contributed by atoms with Crippen LogP contribution >= 0.6 is 0 Å². The Morgan fingerprint density at radius 1 is 1.57 bits per heavy atom. The number of ether oxygens (including phenoxy) is 1. The van der Waals surface area contributed by atoms with Crippen LogP contribution in [0.5, 0.6) is 5.75 Å². The van der Waals surface area contributed by atoms with Gasteiger partial charge in [0.2, 0.25) is 11.8 Å². The summed E-state index contributed by atoms with van der Waals surface area (Å²) in [6.07, 6.45) is -0.471. The van der Waals surface area contributed by atoms with Crippen molar-refractivity contribution in [3.63, 3.8) is 0 Å². The molecule has 1 amide bonds. The molecule has 8 nitrogen and oxygen atoms in total. The van der Waals surface area contributed by atoms with E-state index in [1.807, 2.05) is 0 Å². The summed E-state index contributed by atoms with van der Waals surface area (Å²) < 4.78 is 5.47. The molecule has 1 aromatic rings. The normalized spacial score (nSPS) is 20.6. The lowest BCUT2D eigenvalue weighted by Crippen LogP contribution is -2.38. The SMILES string of the molecule is CCNC(=O)[C@H]1N=C(c2ccc([N+](=O)[O-])cc2O)O[C@H]1C. The van der Waals surface area contributed by atoms with Crippen molar-refractivity contribution in [1.82, 2.24) is 5.32 Å². The number of phenolic OH excluding ortho intramolecular Hbond substituents is 1. The van der Waals surface area contributed by atoms with Crippen molar-refractivity contribution >= 4 is 17.5 Å². The zero-order chi connectivity index (χ0) is 15.6. The second-order valence-electron chi connectivity index (χ2n) is 4.56. The standard InChI is InChI=1S/C13H15N3O5/c1-3-14-12(18)11-7(2)21-13(15-11)9-5-4-8(16(19)20)6-10(9)17/h4-7,11,17H,3H2,1-2H3,(H,14,18)/t7-,11-/m0/s1. The highest BCUT2D eigenvalue weighted by Crippen LogP contribution is 2.27. The summed E-state index contributed by atoms with van der Waals surface area (Å²) >= 11 is 0. The van der Waals surface area contributed by atoms with Crippen molar-refractivity contribution in [2.75, 3.05) is 6.54 Å². The number of aromatic hydroxyl groups is 1. The molecule has 2 atom stereocenters. The number of nitro benzene ring substituents is 1. The predicted octanol–water partition coefficient (Wildman–Crippen LogP) is 0.970. The van der Waals surface area contributed by atoms with Gasteiger partial charge in [-0.15, -0.1) is 0 Å². The maximum atomic E-state index is 11.8. The third-order valence-electron chi connectivity index (χ3n) is 3.04. The first-order valence-corrected chi connectivity index (χ1v) is 6.44. The van der Waals surface area contributed by atoms with Gasteiger partial charge in [-0.25, -0.2) is 4.99 Å². The van der Waals surface area contributed by atoms with Crippen LogP contribution in [0.2, 0.25) is 0 Å². The lowest BCUT2D eigenvalue weighted by molar-refractivity contribution is -0.384. The first-order valence-electron chi connectivity index (χ1n) is 6.44. The number of carbonyl (C=O) groups is 1. The second-order valence-corrected chi connectivity index (χ2v) is 4.56. The van der Waals surface area contributed by atoms with Crippen LogP contribution in [-0.2, 0) is 9.53 Å². The van der Waals surface area contributed by atoms with Gasteiger partial charge < -0.3 is 15.2 Å². The predicted molar refractivity (Wildman–Crippen MR) is 74.3 cm³/mol. The molecule has 0 fully saturated rings. The summed E-state index contributed by atoms with van der Waals surface area (Å²) in [5, 5.41) is 23.1. The number of amides is 1. The van der Waals surface area contributed by atoms with Gasteiger partial charge >= 0.3 is 0 Å². The lowest BCUT2D eigenvalue weighted by atomic mass is 10.2. The van der Waals surface area contributed by atoms with E-state index in [-0.39, 0.29) is 28.8 Å². The first-order chi connectivity index (χ1) is 9.93. The van der Waals surface area contributed by atoms with E-state index in [0.29, 0.717) is 6.54 Å². The summed E-state index contributed by atoms with van der Waals surface area (Å²) in [4.78, 5) is 26.0. The highest BCUT2D eigenvalue weighted by atomic mass is 16.6. The zero-order valence-electron chi connectivity index (χ0n) is 11.6. The number of aliphatic imine (C=N–C) groups is 1. The van der Waals surface area contributed by atoms with E-state index in [1.165, 1.54) is 12.1 Å². The zero-order valence-corrected chi connectivity index (χ0v) is 11.6. The number of phenols is 1. The molecule has 2 rings (SSSR count). The maximum Gasteiger partial charge on any atom is 0.273 e. The first kappa shape index (κ1) is 14.8. The van der Waals surface area contributed by atoms with Crippen LogP contribution in [0.1, 0.15) is 19.4 Å². The van der Waals surface area contributed by atoms with Gasteiger partial charge in [0.05, 0.1) is 16.6 Å². The van der Waals surface area contributed by atoms with Gasteiger partial charge in [0.1, 0.15) is 11.9 Å². The molecule has 1 heterocycles. The maximum absolute atomic E-state index is 11.8. The number of hydrogen-bond acceptors (Lipinski definition) is 6. The van der Waals surface area contributed by atoms with E-state index in [2.05, 4.69) is 10.3 Å². The van der Waals surface area contributed by atoms with Gasteiger partial charge in [0.15, 0.2) is 6.04 Å². The Labute approximate surface area is 120 Å². The van der Waals surface area contributed by atoms with Crippen LogP contribution in [0.25, 0.3) is 0 Å². The van der Waals surface area contributed by atoms with E-state index >= 15 is 0 Å². The molecule has 1 aromatic carbocycles. The number of nitro groups is 1. The minimum atomic E-state index is -0.699. The van der Waals surface area contributed by atoms with Gasteiger partial charge in [-0.05, 0) is 19.9 Å². The number of benzene rings is 1. The average Bonchev–Trinajstić information content (AvgIpc) is 2.80. The summed E-state index contributed by atoms with van der Waals surface area (Å²) in [6, 6.07) is 2.91. The molecule has 2 N–H and O–H groups in total. The smallest absolute Gasteiger partial charge is 0.273 e. The Hall–Kier alpha value is -2.64. The van der Waals surface area contributed by atoms with Crippen LogP contribution in [0.15, 0.2) is 23.2 Å². The van der Waals surface area contributed by atoms with Crippen LogP contribution in [0, 0.1) is 10.1 Å². The molecule has 1 aliphatic rings. The monoisotopic (exact) mass is 293 g/mol. The molecule has 0 saturated heterocycles. The summed E-state index contributed by atoms with van der Waals surface area (Å²) in [6.45, 7) is 3.97. The molecular weight excluding hydrogens is 278 g/mol. The molecule has 0 spiro atoms. The van der Waals surface area contributed by atoms with E-state index in [0.717, 1.165) is 6.07 Å². The summed E-state index contributed by atoms with van der Waals surface area (Å²) in [5.74, 6) is -0.473. The molecule has 0 aliphatic carbocycles. The number of likely N-dealkylation sites (N-methyl/N-ethyl adjacent to an activating group) is 1. The van der Waals surface area contributed by atoms with E-state index in [9.17, 15) is 20.0 Å². The van der Waals surface area contributed by atoms with Crippen LogP contribution in [0.3, 0.4) is 0 Å². The van der Waals surface area contributed by atoms with Crippen molar-refractivity contribution in [3.8, 4) is 5.75 Å². The van der Waals surface area contributed by atoms with E-state index < -0.39 is 17.1 Å². The number of carbonyl (C=O) groups excluding carboxylic acids is 1. The Morgan fingerprint density at radius 3 is 2.86 bits per heavy atom. The number of rotatable bonds is 4. The minimum Gasteiger partial charge on any atom is -0.507 e. The van der Waals surface area contributed by atoms with Gasteiger partial charge in [-0.2, -0.15) is 0 Å². The summed E-state index contributed by atoms with van der Waals surface area (Å²) in [5.41, 5.74) is -0.0116. The second kappa shape index (κ2) is 5.78. The average molecular weight is 293 g/mol. The fourth-order valence-electron chi connectivity index (χ4n) is 2.00. The molecule has 0 bridgehead atoms. The van der Waals surface area contributed by atoms with E-state index in [1.54, 1.807) is 13.8 Å². The topological polar surface area (TPSA) is 114 Å². The van der Waals surface area contributed by atoms with E-state index in [4.69, 9.17) is 4.74 Å². The summed E-state index contributed by atoms with van der Waals surface area (Å²) in [7, 11) is 0. The lowest BCUT2D eigenvalue weighted by Gasteiger charge is -2.11. The van der Waals surface area contributed by atoms with Crippen LogP contribution < -0.4 is 5.32 Å². The Bertz CT molecular complexity index is 614. The Balaban J connectivity index is 2.28. The quantitative estimate of drug-likeness (QED) is 0.634. The van der Waals surface area contributed by atoms with Crippen molar-refractivity contribution in [2.45, 2.75) is 26.0 Å². The van der Waals surface area contributed by atoms with Gasteiger partial charge in [-0.1, -0.05) is 0 Å². The molecule has 112 valence electrons. The fourth-order valence-corrected chi connectivity index (χ4v) is 2.00. The van der Waals surface area contributed by atoms with Gasteiger partial charge in [0.25, 0.3) is 5.69 Å². The molecule has 0 saturated carbocycles. The Kier molecular flexibility index (Phi) is 4.06. The molecule has 0 unspecified atom stereocenters. The molecular formula is C13H15N3O5. The molecule has 0 aromatic heterocycles. The third-order valence-corrected chi connectivity index (χ3v) is 3.04. The number of hydrogen-bond donors (Lipinski definition) is 2. The highest BCUT2D eigenvalue weighted by molar-refractivity contribution is 6.00. The molecule has 0 radical (unpaired) electrons. The highest BCUT2D eigenvalue weighted by Gasteiger charge is 2.34.